The van der Waals surface area contributed by atoms with Gasteiger partial charge in [0, 0.05) is 58.3 Å². The van der Waals surface area contributed by atoms with E-state index in [2.05, 4.69) is 81.4 Å². The molecule has 1 saturated heterocycles. The molecule has 16 heteroatoms. The summed E-state index contributed by atoms with van der Waals surface area (Å²) < 4.78 is 36.4. The van der Waals surface area contributed by atoms with Crippen molar-refractivity contribution >= 4 is 47.8 Å². The van der Waals surface area contributed by atoms with Crippen molar-refractivity contribution in [1.29, 1.82) is 5.26 Å². The number of carbonyl (C=O) groups excluding carboxylic acids is 8. The summed E-state index contributed by atoms with van der Waals surface area (Å²) >= 11 is 0. The normalized spacial score (nSPS) is 37.4. The summed E-state index contributed by atoms with van der Waals surface area (Å²) in [5, 5.41) is 9.20. The van der Waals surface area contributed by atoms with Crippen LogP contribution in [0.2, 0.25) is 0 Å². The third-order valence-corrected chi connectivity index (χ3v) is 23.6. The van der Waals surface area contributed by atoms with Crippen molar-refractivity contribution in [1.82, 2.24) is 0 Å². The minimum Gasteiger partial charge on any atom is -0.463 e. The lowest BCUT2D eigenvalue weighted by atomic mass is 9.49. The van der Waals surface area contributed by atoms with Gasteiger partial charge in [0.2, 0.25) is 6.10 Å². The molecule has 14 bridgehead atoms. The molecular weight excluding hydrogens is 1180 g/mol. The van der Waals surface area contributed by atoms with Gasteiger partial charge in [-0.1, -0.05) is 58.9 Å². The van der Waals surface area contributed by atoms with Crippen LogP contribution in [0.4, 0.5) is 0 Å². The van der Waals surface area contributed by atoms with Crippen LogP contribution in [-0.2, 0) is 71.5 Å². The zero-order valence-corrected chi connectivity index (χ0v) is 57.1. The molecule has 2 aliphatic heterocycles. The van der Waals surface area contributed by atoms with Gasteiger partial charge in [-0.15, -0.1) is 0 Å². The van der Waals surface area contributed by atoms with Crippen molar-refractivity contribution in [2.75, 3.05) is 6.61 Å². The molecule has 0 aromatic heterocycles. The predicted molar refractivity (Wildman–Crippen MR) is 351 cm³/mol. The number of hydrogen-bond donors (Lipinski definition) is 0. The molecule has 0 aromatic rings. The van der Waals surface area contributed by atoms with Gasteiger partial charge in [0.25, 0.3) is 0 Å². The van der Waals surface area contributed by atoms with Gasteiger partial charge in [0.05, 0.1) is 19.1 Å². The van der Waals surface area contributed by atoms with Crippen molar-refractivity contribution in [2.24, 2.45) is 88.8 Å². The number of nitrogens with zero attached hydrogens (tertiary/aromatic N) is 1. The highest BCUT2D eigenvalue weighted by Crippen LogP contribution is 2.63. The molecule has 0 radical (unpaired) electrons. The second kappa shape index (κ2) is 31.5. The van der Waals surface area contributed by atoms with Crippen molar-refractivity contribution in [3.63, 3.8) is 0 Å². The quantitative estimate of drug-likeness (QED) is 0.0549. The predicted octanol–water partition coefficient (Wildman–Crippen LogP) is 14.9. The molecule has 5 atom stereocenters. The zero-order valence-electron chi connectivity index (χ0n) is 57.1. The maximum Gasteiger partial charge on any atom is 0.347 e. The number of cyclic esters (lactones) is 3. The van der Waals surface area contributed by atoms with Crippen molar-refractivity contribution in [3.05, 3.63) is 85.1 Å². The summed E-state index contributed by atoms with van der Waals surface area (Å²) in [6.07, 6.45) is 36.0. The fourth-order valence-electron chi connectivity index (χ4n) is 19.2. The van der Waals surface area contributed by atoms with Crippen LogP contribution in [0.1, 0.15) is 216 Å². The van der Waals surface area contributed by atoms with Crippen LogP contribution >= 0.6 is 0 Å². The smallest absolute Gasteiger partial charge is 0.347 e. The van der Waals surface area contributed by atoms with Crippen LogP contribution < -0.4 is 0 Å². The van der Waals surface area contributed by atoms with E-state index in [1.165, 1.54) is 110 Å². The lowest BCUT2D eigenvalue weighted by Crippen LogP contribution is -2.59. The molecular formula is C77H107NO15. The molecule has 0 N–H and O–H groups in total. The lowest BCUT2D eigenvalue weighted by molar-refractivity contribution is -0.207. The standard InChI is InChI=1S/C16H21NO2.C16H24O2.C15H22O2.C11H18O2.C8H10O4.C7H10.C4H2O3/c1-10(2)15(18)19-16(3-4-17)13-6-11-5-12(8-13)9-14(16)7-11;1-4-16(18-15(17)10(2)3)13-6-11-5-12(8-13)9-14(16)7-11;1-9(2)14(16)17-15(3)12-5-10-4-11(7-12)8-13(15)6-10;1-4-9-6-5-7-10(9)13-11(12)8(2)3;1-5(2)7(9)12-6-3-4-11-8(6)10;1-2-7-4-3-6(1)5-7;5-3-1-2-4(6)7-3/h11-14H,1,3,5-9H2,2H3;11-14H,2,4-9H2,1,3H3;10-13H,1,4-8H2,2-3H3;9-10H,2,4-7H2,1,3H3;6H,1,3-4H2,2H3;1-2,6-7H,3-5H2;1-2H. The number of rotatable bonds is 13. The number of carbonyl (C=O) groups is 8. The van der Waals surface area contributed by atoms with Crippen LogP contribution in [-0.4, -0.2) is 83.4 Å². The highest BCUT2D eigenvalue weighted by molar-refractivity contribution is 6.05. The molecule has 16 nitrogen and oxygen atoms in total. The molecule has 17 rings (SSSR count). The molecule has 93 heavy (non-hydrogen) atoms. The Labute approximate surface area is 553 Å². The topological polar surface area (TPSA) is 225 Å². The molecule has 15 aliphatic carbocycles. The van der Waals surface area contributed by atoms with Crippen LogP contribution in [0.15, 0.2) is 85.1 Å². The van der Waals surface area contributed by atoms with Gasteiger partial charge < -0.3 is 33.2 Å². The van der Waals surface area contributed by atoms with E-state index < -0.39 is 35.6 Å². The Hall–Kier alpha value is -6.37. The monoisotopic (exact) mass is 1290 g/mol. The van der Waals surface area contributed by atoms with Crippen LogP contribution in [0.25, 0.3) is 0 Å². The molecule has 17 aliphatic rings. The number of nitriles is 1. The SMILES string of the molecule is C1=CC2CCC1C2.C=C(C)C(=O)OC1(C)C2CC3CC(C2)CC1C3.C=C(C)C(=O)OC1(CC#N)C2CC3CC(C2)CC1C3.C=C(C)C(=O)OC1(CC)C2CC3CC(C2)CC1C3.C=C(C)C(=O)OC1CCCC1CC.C=C(C)C(=O)OC1CCOC1=O.O=C1C=CC(=O)O1. The summed E-state index contributed by atoms with van der Waals surface area (Å²) in [4.78, 5) is 88.6. The summed E-state index contributed by atoms with van der Waals surface area (Å²) in [6.45, 7) is 33.3. The molecule has 2 heterocycles. The average Bonchev–Trinajstić information content (AvgIpc) is 1.18. The summed E-state index contributed by atoms with van der Waals surface area (Å²) in [7, 11) is 0. The number of ether oxygens (including phenoxy) is 7. The first kappa shape index (κ1) is 72.5. The third kappa shape index (κ3) is 17.6. The fraction of sp³-hybridized carbons (Fsp3) is 0.701. The highest BCUT2D eigenvalue weighted by Gasteiger charge is 2.61. The van der Waals surface area contributed by atoms with E-state index in [9.17, 15) is 43.6 Å². The number of hydrogen-bond acceptors (Lipinski definition) is 16. The van der Waals surface area contributed by atoms with E-state index in [0.29, 0.717) is 83.2 Å². The van der Waals surface area contributed by atoms with E-state index in [1.54, 1.807) is 27.7 Å². The minimum atomic E-state index is -0.728. The average molecular weight is 1290 g/mol. The number of fused-ring (bicyclic) bond motifs is 2. The van der Waals surface area contributed by atoms with Gasteiger partial charge in [-0.25, -0.2) is 38.4 Å². The Morgan fingerprint density at radius 2 is 0.892 bits per heavy atom. The van der Waals surface area contributed by atoms with Gasteiger partial charge in [0.1, 0.15) is 22.9 Å². The summed E-state index contributed by atoms with van der Waals surface area (Å²) in [5.74, 6) is 7.94. The molecule has 0 aromatic carbocycles. The number of esters is 8. The Bertz CT molecular complexity index is 2860. The second-order valence-electron chi connectivity index (χ2n) is 30.5. The number of allylic oxidation sites excluding steroid dienone is 2. The van der Waals surface area contributed by atoms with Crippen molar-refractivity contribution in [2.45, 2.75) is 245 Å². The Balaban J connectivity index is 0.000000143. The largest absolute Gasteiger partial charge is 0.463 e. The van der Waals surface area contributed by atoms with Crippen molar-refractivity contribution < 1.29 is 71.5 Å². The molecule has 5 unspecified atom stereocenters. The van der Waals surface area contributed by atoms with Crippen LogP contribution in [0, 0.1) is 100 Å². The summed E-state index contributed by atoms with van der Waals surface area (Å²) in [6, 6.07) is 2.27. The molecule has 15 fully saturated rings. The first-order valence-corrected chi connectivity index (χ1v) is 35.1. The Morgan fingerprint density at radius 3 is 1.22 bits per heavy atom. The van der Waals surface area contributed by atoms with Crippen LogP contribution in [0.3, 0.4) is 0 Å². The van der Waals surface area contributed by atoms with Crippen molar-refractivity contribution in [3.8, 4) is 6.07 Å². The Morgan fingerprint density at radius 1 is 0.505 bits per heavy atom. The third-order valence-electron chi connectivity index (χ3n) is 23.6. The highest BCUT2D eigenvalue weighted by atomic mass is 16.6. The second-order valence-corrected chi connectivity index (χ2v) is 30.5. The molecule has 510 valence electrons. The fourth-order valence-corrected chi connectivity index (χ4v) is 19.2. The van der Waals surface area contributed by atoms with Gasteiger partial charge >= 0.3 is 47.8 Å². The van der Waals surface area contributed by atoms with Gasteiger partial charge in [-0.3, -0.25) is 0 Å². The van der Waals surface area contributed by atoms with Crippen LogP contribution in [0.5, 0.6) is 0 Å². The van der Waals surface area contributed by atoms with E-state index in [0.717, 1.165) is 104 Å². The molecule has 14 saturated carbocycles. The zero-order chi connectivity index (χ0) is 67.7. The van der Waals surface area contributed by atoms with Gasteiger partial charge in [-0.2, -0.15) is 5.26 Å². The molecule has 0 amide bonds. The van der Waals surface area contributed by atoms with E-state index in [4.69, 9.17) is 23.7 Å². The molecule has 0 spiro atoms. The van der Waals surface area contributed by atoms with Gasteiger partial charge in [-0.05, 0) is 266 Å². The first-order chi connectivity index (χ1) is 44.1. The minimum absolute atomic E-state index is 0.147. The summed E-state index contributed by atoms with van der Waals surface area (Å²) in [5.41, 5.74) is 1.41. The van der Waals surface area contributed by atoms with E-state index in [-0.39, 0.29) is 46.8 Å². The first-order valence-electron chi connectivity index (χ1n) is 35.1. The maximum absolute atomic E-state index is 12.0. The van der Waals surface area contributed by atoms with E-state index in [1.807, 2.05) is 0 Å². The lowest BCUT2D eigenvalue weighted by Gasteiger charge is -2.60. The van der Waals surface area contributed by atoms with E-state index >= 15 is 0 Å². The maximum atomic E-state index is 12.0. The Kier molecular flexibility index (Phi) is 24.5. The van der Waals surface area contributed by atoms with Gasteiger partial charge in [0.15, 0.2) is 0 Å².